The summed E-state index contributed by atoms with van der Waals surface area (Å²) in [5.74, 6) is -0.744. The Bertz CT molecular complexity index is 952. The molecule has 0 saturated heterocycles. The number of aromatic nitrogens is 2. The van der Waals surface area contributed by atoms with Crippen LogP contribution >= 0.6 is 11.6 Å². The minimum absolute atomic E-state index is 0.166. The lowest BCUT2D eigenvalue weighted by atomic mass is 10.2. The van der Waals surface area contributed by atoms with Gasteiger partial charge < -0.3 is 9.30 Å². The number of esters is 1. The number of benzene rings is 2. The van der Waals surface area contributed by atoms with Crippen LogP contribution in [-0.2, 0) is 11.3 Å². The van der Waals surface area contributed by atoms with Gasteiger partial charge in [-0.25, -0.2) is 9.78 Å². The first-order valence-electron chi connectivity index (χ1n) is 7.52. The molecule has 0 amide bonds. The minimum Gasteiger partial charge on any atom is -0.461 e. The van der Waals surface area contributed by atoms with Gasteiger partial charge in [0.15, 0.2) is 0 Å². The lowest BCUT2D eigenvalue weighted by Crippen LogP contribution is -2.30. The molecule has 0 radical (unpaired) electrons. The topological polar surface area (TPSA) is 61.2 Å². The summed E-state index contributed by atoms with van der Waals surface area (Å²) < 4.78 is 6.44. The van der Waals surface area contributed by atoms with Gasteiger partial charge in [-0.15, -0.1) is 0 Å². The van der Waals surface area contributed by atoms with Gasteiger partial charge in [0.1, 0.15) is 5.52 Å². The average molecular weight is 343 g/mol. The van der Waals surface area contributed by atoms with E-state index in [2.05, 4.69) is 4.98 Å². The molecule has 0 aliphatic rings. The highest BCUT2D eigenvalue weighted by atomic mass is 35.5. The minimum atomic E-state index is -0.744. The summed E-state index contributed by atoms with van der Waals surface area (Å²) in [6.07, 6.45) is 0. The third-order valence-corrected chi connectivity index (χ3v) is 3.88. The van der Waals surface area contributed by atoms with Crippen LogP contribution in [0.2, 0.25) is 5.02 Å². The monoisotopic (exact) mass is 342 g/mol. The van der Waals surface area contributed by atoms with Gasteiger partial charge >= 0.3 is 5.97 Å². The van der Waals surface area contributed by atoms with Gasteiger partial charge in [0.05, 0.1) is 23.7 Å². The van der Waals surface area contributed by atoms with Crippen LogP contribution in [0, 0.1) is 0 Å². The third-order valence-electron chi connectivity index (χ3n) is 3.58. The fourth-order valence-electron chi connectivity index (χ4n) is 2.48. The zero-order valence-electron chi connectivity index (χ0n) is 13.0. The molecule has 0 N–H and O–H groups in total. The van der Waals surface area contributed by atoms with Crippen LogP contribution in [-0.4, -0.2) is 22.1 Å². The normalized spacial score (nSPS) is 10.8. The molecule has 122 valence electrons. The molecule has 0 bridgehead atoms. The van der Waals surface area contributed by atoms with E-state index in [1.165, 1.54) is 4.57 Å². The molecule has 0 unspecified atom stereocenters. The second-order valence-corrected chi connectivity index (χ2v) is 5.57. The first-order chi connectivity index (χ1) is 11.6. The fraction of sp³-hybridized carbons (Fsp3) is 0.167. The number of halogens is 1. The SMILES string of the molecule is CCOC(=O)c1nc2c(Cl)cccc2n(Cc2ccccc2)c1=O. The van der Waals surface area contributed by atoms with Crippen LogP contribution in [0.25, 0.3) is 11.0 Å². The Kier molecular flexibility index (Phi) is 4.62. The van der Waals surface area contributed by atoms with Gasteiger partial charge in [-0.1, -0.05) is 48.0 Å². The van der Waals surface area contributed by atoms with Crippen LogP contribution in [0.3, 0.4) is 0 Å². The largest absolute Gasteiger partial charge is 0.461 e. The molecule has 24 heavy (non-hydrogen) atoms. The number of para-hydroxylation sites is 1. The van der Waals surface area contributed by atoms with Crippen molar-refractivity contribution in [2.75, 3.05) is 6.61 Å². The van der Waals surface area contributed by atoms with Crippen molar-refractivity contribution < 1.29 is 9.53 Å². The molecule has 3 rings (SSSR count). The molecule has 5 nitrogen and oxygen atoms in total. The second kappa shape index (κ2) is 6.84. The number of carbonyl (C=O) groups excluding carboxylic acids is 1. The number of hydrogen-bond acceptors (Lipinski definition) is 4. The van der Waals surface area contributed by atoms with E-state index in [-0.39, 0.29) is 12.3 Å². The van der Waals surface area contributed by atoms with E-state index in [1.54, 1.807) is 25.1 Å². The number of fused-ring (bicyclic) bond motifs is 1. The summed E-state index contributed by atoms with van der Waals surface area (Å²) in [4.78, 5) is 29.0. The van der Waals surface area contributed by atoms with Gasteiger partial charge in [-0.3, -0.25) is 4.79 Å². The van der Waals surface area contributed by atoms with Gasteiger partial charge in [0, 0.05) is 0 Å². The molecule has 0 aliphatic carbocycles. The highest BCUT2D eigenvalue weighted by molar-refractivity contribution is 6.34. The number of nitrogens with zero attached hydrogens (tertiary/aromatic N) is 2. The number of hydrogen-bond donors (Lipinski definition) is 0. The number of rotatable bonds is 4. The van der Waals surface area contributed by atoms with Crippen molar-refractivity contribution in [3.05, 3.63) is 75.2 Å². The average Bonchev–Trinajstić information content (AvgIpc) is 2.58. The molecule has 1 aromatic heterocycles. The summed E-state index contributed by atoms with van der Waals surface area (Å²) in [7, 11) is 0. The van der Waals surface area contributed by atoms with Crippen LogP contribution in [0.5, 0.6) is 0 Å². The Morgan fingerprint density at radius 1 is 1.17 bits per heavy atom. The van der Waals surface area contributed by atoms with Crippen LogP contribution in [0.15, 0.2) is 53.3 Å². The molecule has 0 fully saturated rings. The summed E-state index contributed by atoms with van der Waals surface area (Å²) in [5, 5.41) is 0.375. The maximum atomic E-state index is 12.8. The van der Waals surface area contributed by atoms with E-state index in [4.69, 9.17) is 16.3 Å². The van der Waals surface area contributed by atoms with Gasteiger partial charge in [0.25, 0.3) is 5.56 Å². The Balaban J connectivity index is 2.25. The highest BCUT2D eigenvalue weighted by Gasteiger charge is 2.19. The summed E-state index contributed by atoms with van der Waals surface area (Å²) in [6, 6.07) is 14.7. The smallest absolute Gasteiger partial charge is 0.362 e. The first-order valence-corrected chi connectivity index (χ1v) is 7.89. The number of ether oxygens (including phenoxy) is 1. The molecule has 6 heteroatoms. The zero-order chi connectivity index (χ0) is 17.1. The second-order valence-electron chi connectivity index (χ2n) is 5.17. The fourth-order valence-corrected chi connectivity index (χ4v) is 2.70. The summed E-state index contributed by atoms with van der Waals surface area (Å²) in [5.41, 5.74) is 1.16. The van der Waals surface area contributed by atoms with E-state index in [9.17, 15) is 9.59 Å². The molecular formula is C18H15ClN2O3. The highest BCUT2D eigenvalue weighted by Crippen LogP contribution is 2.21. The van der Waals surface area contributed by atoms with E-state index in [0.717, 1.165) is 5.56 Å². The maximum absolute atomic E-state index is 12.8. The van der Waals surface area contributed by atoms with Crippen LogP contribution in [0.1, 0.15) is 23.0 Å². The van der Waals surface area contributed by atoms with Gasteiger partial charge in [0.2, 0.25) is 5.69 Å². The predicted molar refractivity (Wildman–Crippen MR) is 92.5 cm³/mol. The first kappa shape index (κ1) is 16.2. The van der Waals surface area contributed by atoms with Crippen molar-refractivity contribution in [2.45, 2.75) is 13.5 Å². The van der Waals surface area contributed by atoms with Crippen LogP contribution in [0.4, 0.5) is 0 Å². The standard InChI is InChI=1S/C18H15ClN2O3/c1-2-24-18(23)16-17(22)21(11-12-7-4-3-5-8-12)14-10-6-9-13(19)15(14)20-16/h3-10H,2,11H2,1H3. The Morgan fingerprint density at radius 2 is 1.92 bits per heavy atom. The maximum Gasteiger partial charge on any atom is 0.362 e. The third kappa shape index (κ3) is 3.03. The molecular weight excluding hydrogens is 328 g/mol. The van der Waals surface area contributed by atoms with Crippen LogP contribution < -0.4 is 5.56 Å². The predicted octanol–water partition coefficient (Wildman–Crippen LogP) is 3.27. The molecule has 1 heterocycles. The summed E-state index contributed by atoms with van der Waals surface area (Å²) >= 11 is 6.21. The van der Waals surface area contributed by atoms with Crippen molar-refractivity contribution in [1.29, 1.82) is 0 Å². The van der Waals surface area contributed by atoms with Crippen molar-refractivity contribution in [3.63, 3.8) is 0 Å². The summed E-state index contributed by atoms with van der Waals surface area (Å²) in [6.45, 7) is 2.15. The molecule has 0 spiro atoms. The van der Waals surface area contributed by atoms with Gasteiger partial charge in [-0.05, 0) is 24.6 Å². The van der Waals surface area contributed by atoms with E-state index in [1.807, 2.05) is 30.3 Å². The van der Waals surface area contributed by atoms with Crippen molar-refractivity contribution in [3.8, 4) is 0 Å². The number of carbonyl (C=O) groups is 1. The van der Waals surface area contributed by atoms with Crippen molar-refractivity contribution in [1.82, 2.24) is 9.55 Å². The Morgan fingerprint density at radius 3 is 2.62 bits per heavy atom. The van der Waals surface area contributed by atoms with E-state index >= 15 is 0 Å². The molecule has 0 aliphatic heterocycles. The lowest BCUT2D eigenvalue weighted by molar-refractivity contribution is 0.0517. The van der Waals surface area contributed by atoms with E-state index in [0.29, 0.717) is 22.6 Å². The molecule has 0 saturated carbocycles. The van der Waals surface area contributed by atoms with Crippen molar-refractivity contribution in [2.24, 2.45) is 0 Å². The lowest BCUT2D eigenvalue weighted by Gasteiger charge is -2.12. The van der Waals surface area contributed by atoms with E-state index < -0.39 is 11.5 Å². The quantitative estimate of drug-likeness (QED) is 0.683. The Labute approximate surface area is 143 Å². The van der Waals surface area contributed by atoms with Crippen molar-refractivity contribution >= 4 is 28.6 Å². The molecule has 2 aromatic carbocycles. The Hall–Kier alpha value is -2.66. The molecule has 3 aromatic rings. The zero-order valence-corrected chi connectivity index (χ0v) is 13.8. The molecule has 0 atom stereocenters. The van der Waals surface area contributed by atoms with Gasteiger partial charge in [-0.2, -0.15) is 0 Å².